The molecule has 5 rings (SSSR count). The van der Waals surface area contributed by atoms with Crippen LogP contribution in [0.3, 0.4) is 0 Å². The van der Waals surface area contributed by atoms with E-state index < -0.39 is 59.8 Å². The lowest BCUT2D eigenvalue weighted by atomic mass is 9.85. The van der Waals surface area contributed by atoms with E-state index in [1.165, 1.54) is 13.0 Å². The number of nitrogens with zero attached hydrogens (tertiary/aromatic N) is 1. The minimum absolute atomic E-state index is 0.00223. The quantitative estimate of drug-likeness (QED) is 0.0479. The molecule has 2 aliphatic heterocycles. The SMILES string of the molecule is CCN[C@H]1C[C@H](C)S(=O)(=O)c2sc(S(=O)(=O)NC(CC)(CC)C(=O)C(C)OC(CC)(CC)C(=O)CCC(=O)Nc3ccc4c(c3)/C(=C/c3[nH]c(C)c(C(=O)NCCN(CC)CC)c3C)C(=O)N4)cc21. The van der Waals surface area contributed by atoms with Gasteiger partial charge in [-0.3, -0.25) is 24.0 Å². The number of carbonyl (C=O) groups excluding carboxylic acids is 5. The summed E-state index contributed by atoms with van der Waals surface area (Å²) in [5, 5.41) is 11.2. The molecule has 3 atom stereocenters. The number of rotatable bonds is 25. The topological polar surface area (TPSA) is 242 Å². The van der Waals surface area contributed by atoms with Gasteiger partial charge in [0.25, 0.3) is 21.8 Å². The summed E-state index contributed by atoms with van der Waals surface area (Å²) in [4.78, 5) is 73.7. The molecule has 0 bridgehead atoms. The van der Waals surface area contributed by atoms with Gasteiger partial charge in [-0.1, -0.05) is 48.5 Å². The zero-order valence-electron chi connectivity index (χ0n) is 41.9. The van der Waals surface area contributed by atoms with Crippen molar-refractivity contribution in [2.75, 3.05) is 43.4 Å². The van der Waals surface area contributed by atoms with Crippen molar-refractivity contribution in [2.45, 2.75) is 158 Å². The van der Waals surface area contributed by atoms with E-state index in [1.54, 1.807) is 65.8 Å². The molecule has 20 heteroatoms. The summed E-state index contributed by atoms with van der Waals surface area (Å²) >= 11 is 0.674. The average molecular weight is 1010 g/mol. The van der Waals surface area contributed by atoms with Crippen molar-refractivity contribution < 1.29 is 45.5 Å². The second-order valence-corrected chi connectivity index (χ2v) is 23.4. The van der Waals surface area contributed by atoms with E-state index in [0.717, 1.165) is 19.6 Å². The van der Waals surface area contributed by atoms with Crippen molar-refractivity contribution in [3.63, 3.8) is 0 Å². The number of ketones is 2. The van der Waals surface area contributed by atoms with Crippen LogP contribution in [0.15, 0.2) is 32.7 Å². The molecule has 2 aromatic heterocycles. The van der Waals surface area contributed by atoms with E-state index >= 15 is 0 Å². The minimum atomic E-state index is -4.42. The molecule has 2 aliphatic rings. The number of carbonyl (C=O) groups is 5. The molecule has 0 radical (unpaired) electrons. The van der Waals surface area contributed by atoms with Crippen LogP contribution < -0.4 is 26.0 Å². The summed E-state index contributed by atoms with van der Waals surface area (Å²) in [6.45, 7) is 23.1. The lowest BCUT2D eigenvalue weighted by molar-refractivity contribution is -0.163. The maximum atomic E-state index is 14.4. The van der Waals surface area contributed by atoms with Crippen molar-refractivity contribution in [2.24, 2.45) is 0 Å². The number of aromatic nitrogens is 1. The number of thiophene rings is 1. The van der Waals surface area contributed by atoms with Gasteiger partial charge < -0.3 is 35.9 Å². The molecule has 3 aromatic rings. The number of Topliss-reactive ketones (excluding diaryl/α,β-unsaturated/α-hetero) is 2. The van der Waals surface area contributed by atoms with Gasteiger partial charge in [-0.15, -0.1) is 11.3 Å². The minimum Gasteiger partial charge on any atom is -0.358 e. The Bertz CT molecular complexity index is 2680. The number of hydrogen-bond donors (Lipinski definition) is 6. The highest BCUT2D eigenvalue weighted by Crippen LogP contribution is 2.43. The lowest BCUT2D eigenvalue weighted by Gasteiger charge is -2.37. The third kappa shape index (κ3) is 11.6. The molecule has 0 saturated carbocycles. The Kier molecular flexibility index (Phi) is 18.2. The van der Waals surface area contributed by atoms with Gasteiger partial charge in [0, 0.05) is 65.9 Å². The number of nitrogens with one attached hydrogen (secondary N) is 6. The number of amides is 3. The predicted molar refractivity (Wildman–Crippen MR) is 271 cm³/mol. The molecule has 69 heavy (non-hydrogen) atoms. The number of fused-ring (bicyclic) bond motifs is 2. The van der Waals surface area contributed by atoms with Crippen molar-refractivity contribution in [3.05, 3.63) is 57.9 Å². The van der Waals surface area contributed by atoms with Crippen LogP contribution in [0, 0.1) is 13.8 Å². The summed E-state index contributed by atoms with van der Waals surface area (Å²) in [5.74, 6) is -2.02. The second-order valence-electron chi connectivity index (χ2n) is 17.9. The third-order valence-electron chi connectivity index (χ3n) is 13.8. The number of ether oxygens (including phenoxy) is 1. The number of benzene rings is 1. The highest BCUT2D eigenvalue weighted by molar-refractivity contribution is 7.95. The number of sulfone groups is 1. The van der Waals surface area contributed by atoms with E-state index in [9.17, 15) is 40.8 Å². The number of aryl methyl sites for hydroxylation is 1. The monoisotopic (exact) mass is 1010 g/mol. The van der Waals surface area contributed by atoms with Crippen LogP contribution in [-0.4, -0.2) is 111 Å². The Morgan fingerprint density at radius 3 is 2.26 bits per heavy atom. The predicted octanol–water partition coefficient (Wildman–Crippen LogP) is 6.83. The number of hydrogen-bond acceptors (Lipinski definition) is 13. The number of aromatic amines is 1. The van der Waals surface area contributed by atoms with Gasteiger partial charge >= 0.3 is 0 Å². The Hall–Kier alpha value is -4.57. The molecule has 0 aliphatic carbocycles. The van der Waals surface area contributed by atoms with Crippen LogP contribution in [0.1, 0.15) is 152 Å². The Morgan fingerprint density at radius 2 is 1.65 bits per heavy atom. The largest absolute Gasteiger partial charge is 0.358 e. The van der Waals surface area contributed by atoms with Crippen molar-refractivity contribution >= 4 is 83.5 Å². The third-order valence-corrected chi connectivity index (χ3v) is 19.8. The molecular weight excluding hydrogens is 943 g/mol. The number of sulfonamides is 1. The van der Waals surface area contributed by atoms with E-state index in [0.29, 0.717) is 81.4 Å². The fraction of sp³-hybridized carbons (Fsp3) is 0.571. The second kappa shape index (κ2) is 22.7. The summed E-state index contributed by atoms with van der Waals surface area (Å²) in [7, 11) is -8.19. The van der Waals surface area contributed by atoms with Crippen LogP contribution in [0.5, 0.6) is 0 Å². The van der Waals surface area contributed by atoms with Crippen LogP contribution >= 0.6 is 11.3 Å². The van der Waals surface area contributed by atoms with Gasteiger partial charge in [0.15, 0.2) is 21.4 Å². The molecule has 1 unspecified atom stereocenters. The number of H-pyrrole nitrogens is 1. The summed E-state index contributed by atoms with van der Waals surface area (Å²) < 4.78 is 63.5. The maximum absolute atomic E-state index is 14.4. The van der Waals surface area contributed by atoms with Gasteiger partial charge in [-0.05, 0) is 115 Å². The first-order chi connectivity index (χ1) is 32.5. The smallest absolute Gasteiger partial charge is 0.256 e. The van der Waals surface area contributed by atoms with Gasteiger partial charge in [0.05, 0.1) is 21.9 Å². The van der Waals surface area contributed by atoms with Crippen LogP contribution in [-0.2, 0) is 43.8 Å². The van der Waals surface area contributed by atoms with E-state index in [2.05, 4.69) is 49.7 Å². The Labute approximate surface area is 411 Å². The number of likely N-dealkylation sites (N-methyl/N-ethyl adjacent to an activating group) is 1. The molecule has 4 heterocycles. The molecular formula is C49H71N7O10S3. The molecule has 6 N–H and O–H groups in total. The van der Waals surface area contributed by atoms with Gasteiger partial charge in [-0.25, -0.2) is 16.8 Å². The zero-order chi connectivity index (χ0) is 51.2. The Morgan fingerprint density at radius 1 is 0.986 bits per heavy atom. The van der Waals surface area contributed by atoms with Crippen LogP contribution in [0.4, 0.5) is 11.4 Å². The molecule has 3 amide bonds. The van der Waals surface area contributed by atoms with Crippen LogP contribution in [0.25, 0.3) is 11.6 Å². The summed E-state index contributed by atoms with van der Waals surface area (Å²) in [6, 6.07) is 6.01. The van der Waals surface area contributed by atoms with Crippen molar-refractivity contribution in [3.8, 4) is 0 Å². The fourth-order valence-electron chi connectivity index (χ4n) is 9.38. The maximum Gasteiger partial charge on any atom is 0.256 e. The molecule has 0 saturated heterocycles. The normalized spacial score (nSPS) is 17.9. The van der Waals surface area contributed by atoms with Crippen LogP contribution in [0.2, 0.25) is 0 Å². The van der Waals surface area contributed by atoms with E-state index in [4.69, 9.17) is 4.74 Å². The molecule has 380 valence electrons. The Balaban J connectivity index is 1.26. The molecule has 17 nitrogen and oxygen atoms in total. The van der Waals surface area contributed by atoms with Gasteiger partial charge in [0.2, 0.25) is 5.91 Å². The standard InChI is InChI=1S/C49H71N7O10S3/c1-12-48(13-2,55-69(64,65)42-28-36-39(50-16-5)25-29(8)68(62,63)47(36)67-42)44(59)32(11)66-49(14-3,15-4)40(57)21-22-41(58)53-33-19-20-37-34(26-33)35(45(60)54-37)27-38-30(9)43(31(10)52-38)46(61)51-23-24-56(17-6)18-7/h19-20,26-29,32,39,50,52,55H,12-18,21-25H2,1-11H3,(H,51,61)(H,53,58)(H,54,60)/b35-27-/t29-,32?,39-/m0/s1. The summed E-state index contributed by atoms with van der Waals surface area (Å²) in [5.41, 5.74) is 1.55. The zero-order valence-corrected chi connectivity index (χ0v) is 44.3. The van der Waals surface area contributed by atoms with E-state index in [-0.39, 0.29) is 64.8 Å². The average Bonchev–Trinajstić information content (AvgIpc) is 4.00. The van der Waals surface area contributed by atoms with Crippen molar-refractivity contribution in [1.29, 1.82) is 0 Å². The van der Waals surface area contributed by atoms with Gasteiger partial charge in [0.1, 0.15) is 20.1 Å². The fourth-order valence-corrected chi connectivity index (χ4v) is 14.9. The first-order valence-corrected chi connectivity index (χ1v) is 27.9. The lowest BCUT2D eigenvalue weighted by Crippen LogP contribution is -2.58. The number of anilines is 2. The molecule has 0 spiro atoms. The molecule has 1 aromatic carbocycles. The molecule has 0 fully saturated rings. The van der Waals surface area contributed by atoms with Gasteiger partial charge in [-0.2, -0.15) is 4.72 Å². The first kappa shape index (κ1) is 55.4. The van der Waals surface area contributed by atoms with Crippen molar-refractivity contribution in [1.82, 2.24) is 25.2 Å². The van der Waals surface area contributed by atoms with E-state index in [1.807, 2.05) is 13.8 Å². The highest BCUT2D eigenvalue weighted by Gasteiger charge is 2.47. The first-order valence-electron chi connectivity index (χ1n) is 24.1. The summed E-state index contributed by atoms with van der Waals surface area (Å²) in [6.07, 6.45) is 0.712. The highest BCUT2D eigenvalue weighted by atomic mass is 32.3.